The second kappa shape index (κ2) is 9.08. The molecule has 1 aliphatic heterocycles. The molecule has 1 aliphatic rings. The first-order chi connectivity index (χ1) is 13.1. The minimum atomic E-state index is -0.336. The van der Waals surface area contributed by atoms with Crippen LogP contribution in [0, 0.1) is 5.82 Å². The van der Waals surface area contributed by atoms with Crippen molar-refractivity contribution in [2.45, 2.75) is 31.1 Å². The number of hydrogen-bond acceptors (Lipinski definition) is 4. The number of nitrogens with zero attached hydrogens (tertiary/aromatic N) is 2. The van der Waals surface area contributed by atoms with Crippen LogP contribution in [0.2, 0.25) is 0 Å². The fourth-order valence-corrected chi connectivity index (χ4v) is 4.12. The van der Waals surface area contributed by atoms with Gasteiger partial charge in [-0.15, -0.1) is 0 Å². The molecule has 2 heterocycles. The number of guanidine groups is 1. The van der Waals surface area contributed by atoms with E-state index in [-0.39, 0.29) is 10.6 Å². The van der Waals surface area contributed by atoms with Crippen LogP contribution in [0.3, 0.4) is 0 Å². The summed E-state index contributed by atoms with van der Waals surface area (Å²) in [7, 11) is 1.77. The van der Waals surface area contributed by atoms with Crippen LogP contribution in [-0.4, -0.2) is 35.0 Å². The fraction of sp³-hybridized carbons (Fsp3) is 0.400. The number of hydrogen-bond donors (Lipinski definition) is 2. The van der Waals surface area contributed by atoms with Crippen molar-refractivity contribution in [1.29, 1.82) is 0 Å². The number of aromatic nitrogens is 1. The van der Waals surface area contributed by atoms with E-state index in [1.54, 1.807) is 31.4 Å². The number of thioether (sulfide) groups is 1. The second-order valence-electron chi connectivity index (χ2n) is 6.75. The van der Waals surface area contributed by atoms with E-state index in [1.807, 2.05) is 17.8 Å². The van der Waals surface area contributed by atoms with Crippen LogP contribution >= 0.6 is 11.8 Å². The number of pyridine rings is 1. The third-order valence-corrected chi connectivity index (χ3v) is 5.97. The molecule has 0 amide bonds. The Morgan fingerprint density at radius 1 is 1.33 bits per heavy atom. The van der Waals surface area contributed by atoms with Crippen molar-refractivity contribution in [1.82, 2.24) is 15.6 Å². The highest BCUT2D eigenvalue weighted by Gasteiger charge is 2.29. The van der Waals surface area contributed by atoms with Crippen LogP contribution in [0.25, 0.3) is 0 Å². The molecule has 3 rings (SSSR count). The lowest BCUT2D eigenvalue weighted by Gasteiger charge is -2.24. The van der Waals surface area contributed by atoms with Crippen LogP contribution in [0.4, 0.5) is 4.39 Å². The van der Waals surface area contributed by atoms with Gasteiger partial charge in [0.25, 0.3) is 0 Å². The molecule has 0 spiro atoms. The Morgan fingerprint density at radius 3 is 2.89 bits per heavy atom. The van der Waals surface area contributed by atoms with Gasteiger partial charge in [0.05, 0.1) is 0 Å². The van der Waals surface area contributed by atoms with Gasteiger partial charge < -0.3 is 15.4 Å². The maximum atomic E-state index is 13.2. The molecule has 1 saturated heterocycles. The van der Waals surface area contributed by atoms with E-state index in [4.69, 9.17) is 4.74 Å². The van der Waals surface area contributed by atoms with Crippen molar-refractivity contribution < 1.29 is 9.13 Å². The topological polar surface area (TPSA) is 58.5 Å². The highest BCUT2D eigenvalue weighted by Crippen LogP contribution is 2.36. The quantitative estimate of drug-likeness (QED) is 0.579. The number of nitrogens with one attached hydrogen (secondary N) is 2. The minimum Gasteiger partial charge on any atom is -0.439 e. The lowest BCUT2D eigenvalue weighted by atomic mass is 10.1. The number of rotatable bonds is 6. The van der Waals surface area contributed by atoms with E-state index in [1.165, 1.54) is 30.7 Å². The summed E-state index contributed by atoms with van der Waals surface area (Å²) in [4.78, 5) is 8.56. The molecule has 2 N–H and O–H groups in total. The molecule has 1 aromatic heterocycles. The number of halogens is 1. The Kier molecular flexibility index (Phi) is 6.55. The largest absolute Gasteiger partial charge is 0.439 e. The fourth-order valence-electron chi connectivity index (χ4n) is 2.88. The molecule has 0 saturated carbocycles. The van der Waals surface area contributed by atoms with Gasteiger partial charge in [0.15, 0.2) is 5.96 Å². The zero-order chi connectivity index (χ0) is 19.1. The summed E-state index contributed by atoms with van der Waals surface area (Å²) < 4.78 is 19.0. The monoisotopic (exact) mass is 388 g/mol. The Hall–Kier alpha value is -2.28. The van der Waals surface area contributed by atoms with Crippen molar-refractivity contribution in [3.8, 4) is 11.6 Å². The Bertz CT molecular complexity index is 776. The van der Waals surface area contributed by atoms with Gasteiger partial charge in [-0.3, -0.25) is 4.99 Å². The first-order valence-electron chi connectivity index (χ1n) is 9.03. The lowest BCUT2D eigenvalue weighted by molar-refractivity contribution is 0.457. The van der Waals surface area contributed by atoms with Crippen LogP contribution in [-0.2, 0) is 6.54 Å². The van der Waals surface area contributed by atoms with Gasteiger partial charge in [0.2, 0.25) is 5.88 Å². The molecule has 0 aliphatic carbocycles. The molecular weight excluding hydrogens is 363 g/mol. The third kappa shape index (κ3) is 5.85. The summed E-state index contributed by atoms with van der Waals surface area (Å²) in [6.07, 6.45) is 4.26. The summed E-state index contributed by atoms with van der Waals surface area (Å²) in [5, 5.41) is 6.71. The maximum Gasteiger partial charge on any atom is 0.219 e. The van der Waals surface area contributed by atoms with Crippen molar-refractivity contribution >= 4 is 17.7 Å². The molecule has 0 bridgehead atoms. The van der Waals surface area contributed by atoms with Crippen LogP contribution < -0.4 is 15.4 Å². The average Bonchev–Trinajstić information content (AvgIpc) is 3.10. The van der Waals surface area contributed by atoms with Gasteiger partial charge in [0, 0.05) is 43.2 Å². The first-order valence-corrected chi connectivity index (χ1v) is 10.0. The molecule has 144 valence electrons. The SMILES string of the molecule is CN=C(NCc1ccc(Oc2cccc(F)c2)nc1)NCC1(C)CCCS1. The van der Waals surface area contributed by atoms with E-state index < -0.39 is 0 Å². The smallest absolute Gasteiger partial charge is 0.219 e. The second-order valence-corrected chi connectivity index (χ2v) is 8.43. The Labute approximate surface area is 163 Å². The molecular formula is C20H25FN4OS. The van der Waals surface area contributed by atoms with E-state index in [2.05, 4.69) is 27.5 Å². The number of ether oxygens (including phenoxy) is 1. The molecule has 1 unspecified atom stereocenters. The summed E-state index contributed by atoms with van der Waals surface area (Å²) in [5.41, 5.74) is 1.01. The lowest BCUT2D eigenvalue weighted by Crippen LogP contribution is -2.43. The first kappa shape index (κ1) is 19.5. The van der Waals surface area contributed by atoms with Gasteiger partial charge >= 0.3 is 0 Å². The van der Waals surface area contributed by atoms with Gasteiger partial charge in [-0.25, -0.2) is 9.37 Å². The summed E-state index contributed by atoms with van der Waals surface area (Å²) >= 11 is 2.02. The standard InChI is InChI=1S/C20H25FN4OS/c1-20(9-4-10-27-20)14-25-19(22-2)24-13-15-7-8-18(23-12-15)26-17-6-3-5-16(21)11-17/h3,5-8,11-12H,4,9-10,13-14H2,1-2H3,(H2,22,24,25). The molecule has 1 fully saturated rings. The van der Waals surface area contributed by atoms with E-state index in [0.29, 0.717) is 18.2 Å². The molecule has 7 heteroatoms. The molecule has 5 nitrogen and oxygen atoms in total. The third-order valence-electron chi connectivity index (χ3n) is 4.43. The van der Waals surface area contributed by atoms with E-state index in [9.17, 15) is 4.39 Å². The Morgan fingerprint density at radius 2 is 2.22 bits per heavy atom. The summed E-state index contributed by atoms with van der Waals surface area (Å²) in [5.74, 6) is 2.54. The summed E-state index contributed by atoms with van der Waals surface area (Å²) in [6.45, 7) is 3.80. The molecule has 0 radical (unpaired) electrons. The van der Waals surface area contributed by atoms with Crippen molar-refractivity contribution in [3.05, 3.63) is 54.0 Å². The van der Waals surface area contributed by atoms with E-state index >= 15 is 0 Å². The van der Waals surface area contributed by atoms with Crippen LogP contribution in [0.15, 0.2) is 47.6 Å². The maximum absolute atomic E-state index is 13.2. The predicted molar refractivity (Wildman–Crippen MR) is 109 cm³/mol. The molecule has 1 atom stereocenters. The van der Waals surface area contributed by atoms with Crippen molar-refractivity contribution in [2.75, 3.05) is 19.3 Å². The zero-order valence-electron chi connectivity index (χ0n) is 15.7. The summed E-state index contributed by atoms with van der Waals surface area (Å²) in [6, 6.07) is 9.70. The molecule has 27 heavy (non-hydrogen) atoms. The normalized spacial score (nSPS) is 19.7. The minimum absolute atomic E-state index is 0.287. The van der Waals surface area contributed by atoms with Gasteiger partial charge in [-0.2, -0.15) is 11.8 Å². The molecule has 1 aromatic carbocycles. The van der Waals surface area contributed by atoms with E-state index in [0.717, 1.165) is 18.1 Å². The van der Waals surface area contributed by atoms with Gasteiger partial charge in [-0.1, -0.05) is 12.1 Å². The zero-order valence-corrected chi connectivity index (χ0v) is 16.5. The van der Waals surface area contributed by atoms with Crippen LogP contribution in [0.5, 0.6) is 11.6 Å². The van der Waals surface area contributed by atoms with Crippen molar-refractivity contribution in [3.63, 3.8) is 0 Å². The highest BCUT2D eigenvalue weighted by atomic mass is 32.2. The average molecular weight is 389 g/mol. The number of aliphatic imine (C=N–C) groups is 1. The van der Waals surface area contributed by atoms with Gasteiger partial charge in [0.1, 0.15) is 11.6 Å². The van der Waals surface area contributed by atoms with Crippen molar-refractivity contribution in [2.24, 2.45) is 4.99 Å². The van der Waals surface area contributed by atoms with Crippen LogP contribution in [0.1, 0.15) is 25.3 Å². The number of benzene rings is 1. The van der Waals surface area contributed by atoms with Gasteiger partial charge in [-0.05, 0) is 43.2 Å². The molecule has 2 aromatic rings. The Balaban J connectivity index is 1.48. The predicted octanol–water partition coefficient (Wildman–Crippen LogP) is 3.96. The highest BCUT2D eigenvalue weighted by molar-refractivity contribution is 8.00.